The largest absolute Gasteiger partial charge is 0.433 e. The standard InChI is InChI=1S/C16H18ClF2N3O2/c1-9-4-5-13(24-16(18)19)12(8-9)20-14(23)6-7-22-11(3)15(17)10(2)21-22/h4-5,8,16H,6-7H2,1-3H3,(H,20,23). The molecule has 8 heteroatoms. The number of benzene rings is 1. The number of nitrogens with zero attached hydrogens (tertiary/aromatic N) is 2. The molecule has 1 amide bonds. The Morgan fingerprint density at radius 3 is 2.67 bits per heavy atom. The molecule has 0 aliphatic rings. The summed E-state index contributed by atoms with van der Waals surface area (Å²) in [6, 6.07) is 4.61. The van der Waals surface area contributed by atoms with Gasteiger partial charge in [0, 0.05) is 6.42 Å². The molecule has 0 aliphatic heterocycles. The van der Waals surface area contributed by atoms with Crippen LogP contribution in [0.4, 0.5) is 14.5 Å². The summed E-state index contributed by atoms with van der Waals surface area (Å²) in [5.74, 6) is -0.401. The number of aryl methyl sites for hydroxylation is 3. The summed E-state index contributed by atoms with van der Waals surface area (Å²) in [5.41, 5.74) is 2.50. The third kappa shape index (κ3) is 4.44. The Kier molecular flexibility index (Phi) is 5.77. The Bertz CT molecular complexity index is 747. The van der Waals surface area contributed by atoms with Crippen LogP contribution < -0.4 is 10.1 Å². The molecule has 0 spiro atoms. The highest BCUT2D eigenvalue weighted by atomic mass is 35.5. The van der Waals surface area contributed by atoms with E-state index >= 15 is 0 Å². The van der Waals surface area contributed by atoms with E-state index in [1.54, 1.807) is 30.7 Å². The zero-order valence-electron chi connectivity index (χ0n) is 13.6. The van der Waals surface area contributed by atoms with E-state index in [0.29, 0.717) is 17.3 Å². The summed E-state index contributed by atoms with van der Waals surface area (Å²) in [4.78, 5) is 12.1. The fourth-order valence-corrected chi connectivity index (χ4v) is 2.39. The summed E-state index contributed by atoms with van der Waals surface area (Å²) in [6.07, 6.45) is 0.125. The molecule has 130 valence electrons. The zero-order valence-corrected chi connectivity index (χ0v) is 14.3. The maximum Gasteiger partial charge on any atom is 0.387 e. The van der Waals surface area contributed by atoms with Gasteiger partial charge >= 0.3 is 6.61 Å². The highest BCUT2D eigenvalue weighted by Crippen LogP contribution is 2.27. The first-order chi connectivity index (χ1) is 11.3. The predicted molar refractivity (Wildman–Crippen MR) is 87.8 cm³/mol. The van der Waals surface area contributed by atoms with Gasteiger partial charge in [0.25, 0.3) is 0 Å². The number of aromatic nitrogens is 2. The number of hydrogen-bond donors (Lipinski definition) is 1. The molecule has 0 radical (unpaired) electrons. The fourth-order valence-electron chi connectivity index (χ4n) is 2.25. The van der Waals surface area contributed by atoms with Gasteiger partial charge in [-0.2, -0.15) is 13.9 Å². The van der Waals surface area contributed by atoms with Gasteiger partial charge in [0.1, 0.15) is 5.75 Å². The molecule has 1 N–H and O–H groups in total. The molecule has 5 nitrogen and oxygen atoms in total. The van der Waals surface area contributed by atoms with Crippen LogP contribution >= 0.6 is 11.6 Å². The highest BCUT2D eigenvalue weighted by Gasteiger charge is 2.14. The molecule has 24 heavy (non-hydrogen) atoms. The summed E-state index contributed by atoms with van der Waals surface area (Å²) in [6.45, 7) is 2.77. The number of rotatable bonds is 6. The number of carbonyl (C=O) groups is 1. The first-order valence-electron chi connectivity index (χ1n) is 7.32. The molecule has 0 bridgehead atoms. The number of ether oxygens (including phenoxy) is 1. The Hall–Kier alpha value is -2.15. The van der Waals surface area contributed by atoms with Crippen LogP contribution in [-0.4, -0.2) is 22.3 Å². The Balaban J connectivity index is 2.04. The molecule has 0 saturated heterocycles. The van der Waals surface area contributed by atoms with Crippen molar-refractivity contribution in [1.82, 2.24) is 9.78 Å². The molecule has 1 aromatic carbocycles. The minimum absolute atomic E-state index is 0.0712. The SMILES string of the molecule is Cc1ccc(OC(F)F)c(NC(=O)CCn2nc(C)c(Cl)c2C)c1. The number of carbonyl (C=O) groups excluding carboxylic acids is 1. The van der Waals surface area contributed by atoms with Gasteiger partial charge in [-0.15, -0.1) is 0 Å². The van der Waals surface area contributed by atoms with Crippen molar-refractivity contribution in [2.45, 2.75) is 40.3 Å². The summed E-state index contributed by atoms with van der Waals surface area (Å²) < 4.78 is 30.9. The Labute approximate surface area is 143 Å². The topological polar surface area (TPSA) is 56.1 Å². The molecular formula is C16H18ClF2N3O2. The second-order valence-electron chi connectivity index (χ2n) is 5.38. The minimum Gasteiger partial charge on any atom is -0.433 e. The maximum absolute atomic E-state index is 12.4. The Morgan fingerprint density at radius 2 is 2.08 bits per heavy atom. The number of nitrogens with one attached hydrogen (secondary N) is 1. The van der Waals surface area contributed by atoms with E-state index in [-0.39, 0.29) is 23.8 Å². The molecule has 1 heterocycles. The van der Waals surface area contributed by atoms with E-state index in [1.807, 2.05) is 6.92 Å². The van der Waals surface area contributed by atoms with Crippen LogP contribution in [-0.2, 0) is 11.3 Å². The monoisotopic (exact) mass is 357 g/mol. The smallest absolute Gasteiger partial charge is 0.387 e. The summed E-state index contributed by atoms with van der Waals surface area (Å²) in [7, 11) is 0. The fraction of sp³-hybridized carbons (Fsp3) is 0.375. The summed E-state index contributed by atoms with van der Waals surface area (Å²) >= 11 is 6.06. The second-order valence-corrected chi connectivity index (χ2v) is 5.76. The second kappa shape index (κ2) is 7.61. The van der Waals surface area contributed by atoms with Crippen molar-refractivity contribution in [3.05, 3.63) is 40.2 Å². The van der Waals surface area contributed by atoms with Gasteiger partial charge in [-0.05, 0) is 38.5 Å². The van der Waals surface area contributed by atoms with Crippen LogP contribution in [0.5, 0.6) is 5.75 Å². The van der Waals surface area contributed by atoms with E-state index in [9.17, 15) is 13.6 Å². The van der Waals surface area contributed by atoms with E-state index in [2.05, 4.69) is 15.2 Å². The quantitative estimate of drug-likeness (QED) is 0.847. The third-order valence-electron chi connectivity index (χ3n) is 3.47. The minimum atomic E-state index is -2.96. The van der Waals surface area contributed by atoms with E-state index < -0.39 is 6.61 Å². The van der Waals surface area contributed by atoms with Gasteiger partial charge < -0.3 is 10.1 Å². The van der Waals surface area contributed by atoms with E-state index in [4.69, 9.17) is 11.6 Å². The van der Waals surface area contributed by atoms with Gasteiger partial charge in [0.15, 0.2) is 0 Å². The lowest BCUT2D eigenvalue weighted by atomic mass is 10.2. The maximum atomic E-state index is 12.4. The van der Waals surface area contributed by atoms with Gasteiger partial charge in [0.2, 0.25) is 5.91 Å². The highest BCUT2D eigenvalue weighted by molar-refractivity contribution is 6.31. The number of hydrogen-bond acceptors (Lipinski definition) is 3. The van der Waals surface area contributed by atoms with Gasteiger partial charge in [-0.1, -0.05) is 17.7 Å². The number of anilines is 1. The molecule has 1 aromatic heterocycles. The number of amides is 1. The molecule has 2 rings (SSSR count). The summed E-state index contributed by atoms with van der Waals surface area (Å²) in [5, 5.41) is 7.41. The first-order valence-corrected chi connectivity index (χ1v) is 7.70. The van der Waals surface area contributed by atoms with Crippen LogP contribution in [0.1, 0.15) is 23.4 Å². The molecule has 0 atom stereocenters. The lowest BCUT2D eigenvalue weighted by Gasteiger charge is -2.13. The van der Waals surface area contributed by atoms with Crippen molar-refractivity contribution < 1.29 is 18.3 Å². The predicted octanol–water partition coefficient (Wildman–Crippen LogP) is 4.09. The van der Waals surface area contributed by atoms with Crippen LogP contribution in [0, 0.1) is 20.8 Å². The molecule has 2 aromatic rings. The normalized spacial score (nSPS) is 11.0. The van der Waals surface area contributed by atoms with Crippen LogP contribution in [0.25, 0.3) is 0 Å². The van der Waals surface area contributed by atoms with Crippen molar-refractivity contribution >= 4 is 23.2 Å². The molecule has 0 saturated carbocycles. The first kappa shape index (κ1) is 18.2. The van der Waals surface area contributed by atoms with Crippen molar-refractivity contribution in [2.24, 2.45) is 0 Å². The lowest BCUT2D eigenvalue weighted by Crippen LogP contribution is -2.17. The average molecular weight is 358 g/mol. The van der Waals surface area contributed by atoms with Crippen molar-refractivity contribution in [3.63, 3.8) is 0 Å². The number of alkyl halides is 2. The molecule has 0 unspecified atom stereocenters. The molecule has 0 aliphatic carbocycles. The van der Waals surface area contributed by atoms with Crippen LogP contribution in [0.2, 0.25) is 5.02 Å². The lowest BCUT2D eigenvalue weighted by molar-refractivity contribution is -0.116. The van der Waals surface area contributed by atoms with Crippen molar-refractivity contribution in [2.75, 3.05) is 5.32 Å². The van der Waals surface area contributed by atoms with Crippen molar-refractivity contribution in [3.8, 4) is 5.75 Å². The Morgan fingerprint density at radius 1 is 1.38 bits per heavy atom. The number of halogens is 3. The third-order valence-corrected chi connectivity index (χ3v) is 4.02. The van der Waals surface area contributed by atoms with Crippen molar-refractivity contribution in [1.29, 1.82) is 0 Å². The van der Waals surface area contributed by atoms with Crippen LogP contribution in [0.15, 0.2) is 18.2 Å². The molecule has 0 fully saturated rings. The van der Waals surface area contributed by atoms with Gasteiger partial charge in [-0.25, -0.2) is 0 Å². The zero-order chi connectivity index (χ0) is 17.9. The van der Waals surface area contributed by atoms with Crippen LogP contribution in [0.3, 0.4) is 0 Å². The van der Waals surface area contributed by atoms with E-state index in [1.165, 1.54) is 6.07 Å². The average Bonchev–Trinajstić information content (AvgIpc) is 2.75. The molecular weight excluding hydrogens is 340 g/mol. The van der Waals surface area contributed by atoms with Gasteiger partial charge in [-0.3, -0.25) is 9.48 Å². The van der Waals surface area contributed by atoms with Gasteiger partial charge in [0.05, 0.1) is 28.6 Å². The van der Waals surface area contributed by atoms with E-state index in [0.717, 1.165) is 11.3 Å².